The van der Waals surface area contributed by atoms with Crippen LogP contribution in [0.4, 0.5) is 5.69 Å². The number of aryl methyl sites for hydroxylation is 1. The van der Waals surface area contributed by atoms with Gasteiger partial charge in [0.25, 0.3) is 0 Å². The van der Waals surface area contributed by atoms with Gasteiger partial charge in [0.1, 0.15) is 0 Å². The molecule has 0 aromatic heterocycles. The molecule has 1 unspecified atom stereocenters. The SMILES string of the molecule is Cl.O=C(CCN1C(=O)CCc2ccccc21)N1CCCC(N2CCNCC2=O)C1. The van der Waals surface area contributed by atoms with Crippen LogP contribution >= 0.6 is 12.4 Å². The number of hydrogen-bond acceptors (Lipinski definition) is 4. The summed E-state index contributed by atoms with van der Waals surface area (Å²) in [6, 6.07) is 8.06. The van der Waals surface area contributed by atoms with Crippen LogP contribution in [-0.4, -0.2) is 72.8 Å². The molecule has 1 aromatic carbocycles. The van der Waals surface area contributed by atoms with Crippen molar-refractivity contribution >= 4 is 35.8 Å². The van der Waals surface area contributed by atoms with E-state index in [4.69, 9.17) is 0 Å². The van der Waals surface area contributed by atoms with E-state index in [1.165, 1.54) is 5.56 Å². The van der Waals surface area contributed by atoms with Crippen molar-refractivity contribution in [1.82, 2.24) is 15.1 Å². The van der Waals surface area contributed by atoms with E-state index in [1.807, 2.05) is 28.0 Å². The van der Waals surface area contributed by atoms with Crippen molar-refractivity contribution in [3.63, 3.8) is 0 Å². The molecule has 158 valence electrons. The molecule has 2 saturated heterocycles. The molecule has 1 atom stereocenters. The first-order chi connectivity index (χ1) is 13.6. The minimum absolute atomic E-state index is 0. The Labute approximate surface area is 177 Å². The Morgan fingerprint density at radius 2 is 1.93 bits per heavy atom. The average Bonchev–Trinajstić information content (AvgIpc) is 2.73. The summed E-state index contributed by atoms with van der Waals surface area (Å²) < 4.78 is 0. The molecule has 0 aliphatic carbocycles. The molecule has 0 radical (unpaired) electrons. The van der Waals surface area contributed by atoms with E-state index < -0.39 is 0 Å². The third kappa shape index (κ3) is 4.73. The van der Waals surface area contributed by atoms with E-state index >= 15 is 0 Å². The number of carbonyl (C=O) groups is 3. The molecule has 1 aromatic rings. The second-order valence-electron chi connectivity index (χ2n) is 7.82. The van der Waals surface area contributed by atoms with Crippen molar-refractivity contribution in [2.24, 2.45) is 0 Å². The smallest absolute Gasteiger partial charge is 0.236 e. The lowest BCUT2D eigenvalue weighted by Gasteiger charge is -2.41. The highest BCUT2D eigenvalue weighted by Crippen LogP contribution is 2.27. The van der Waals surface area contributed by atoms with Gasteiger partial charge in [-0.15, -0.1) is 12.4 Å². The highest BCUT2D eigenvalue weighted by atomic mass is 35.5. The molecular formula is C21H29ClN4O3. The number of piperazine rings is 1. The number of nitrogens with one attached hydrogen (secondary N) is 1. The van der Waals surface area contributed by atoms with Crippen LogP contribution in [0, 0.1) is 0 Å². The number of hydrogen-bond donors (Lipinski definition) is 1. The van der Waals surface area contributed by atoms with Gasteiger partial charge in [0.2, 0.25) is 17.7 Å². The summed E-state index contributed by atoms with van der Waals surface area (Å²) in [5.74, 6) is 0.290. The quantitative estimate of drug-likeness (QED) is 0.794. The number of fused-ring (bicyclic) bond motifs is 1. The molecule has 7 nitrogen and oxygen atoms in total. The number of likely N-dealkylation sites (tertiary alicyclic amines) is 1. The summed E-state index contributed by atoms with van der Waals surface area (Å²) in [6.45, 7) is 3.68. The van der Waals surface area contributed by atoms with Gasteiger partial charge in [-0.05, 0) is 30.9 Å². The van der Waals surface area contributed by atoms with Crippen LogP contribution < -0.4 is 10.2 Å². The Balaban J connectivity index is 0.00000240. The average molecular weight is 421 g/mol. The molecule has 3 heterocycles. The first-order valence-corrected chi connectivity index (χ1v) is 10.3. The van der Waals surface area contributed by atoms with E-state index in [0.717, 1.165) is 38.0 Å². The van der Waals surface area contributed by atoms with Crippen LogP contribution in [0.3, 0.4) is 0 Å². The molecule has 8 heteroatoms. The Hall–Kier alpha value is -2.12. The van der Waals surface area contributed by atoms with Gasteiger partial charge in [-0.2, -0.15) is 0 Å². The topological polar surface area (TPSA) is 73.0 Å². The number of amides is 3. The molecule has 29 heavy (non-hydrogen) atoms. The second kappa shape index (κ2) is 9.59. The Morgan fingerprint density at radius 1 is 1.10 bits per heavy atom. The molecule has 0 bridgehead atoms. The minimum Gasteiger partial charge on any atom is -0.341 e. The maximum atomic E-state index is 12.8. The summed E-state index contributed by atoms with van der Waals surface area (Å²) in [6.07, 6.45) is 3.46. The summed E-state index contributed by atoms with van der Waals surface area (Å²) in [5.41, 5.74) is 2.11. The minimum atomic E-state index is 0. The molecule has 4 rings (SSSR count). The van der Waals surface area contributed by atoms with Crippen LogP contribution in [0.2, 0.25) is 0 Å². The summed E-state index contributed by atoms with van der Waals surface area (Å²) >= 11 is 0. The van der Waals surface area contributed by atoms with Crippen LogP contribution in [0.15, 0.2) is 24.3 Å². The molecule has 3 amide bonds. The molecule has 3 aliphatic heterocycles. The fraction of sp³-hybridized carbons (Fsp3) is 0.571. The van der Waals surface area contributed by atoms with Crippen molar-refractivity contribution < 1.29 is 14.4 Å². The predicted octanol–water partition coefficient (Wildman–Crippen LogP) is 1.20. The third-order valence-corrected chi connectivity index (χ3v) is 6.06. The first kappa shape index (κ1) is 21.6. The lowest BCUT2D eigenvalue weighted by atomic mass is 10.0. The Morgan fingerprint density at radius 3 is 2.76 bits per heavy atom. The van der Waals surface area contributed by atoms with Gasteiger partial charge in [-0.3, -0.25) is 14.4 Å². The number of carbonyl (C=O) groups excluding carboxylic acids is 3. The summed E-state index contributed by atoms with van der Waals surface area (Å²) in [7, 11) is 0. The van der Waals surface area contributed by atoms with Gasteiger partial charge >= 0.3 is 0 Å². The number of rotatable bonds is 4. The predicted molar refractivity (Wildman–Crippen MR) is 113 cm³/mol. The maximum absolute atomic E-state index is 12.8. The number of anilines is 1. The fourth-order valence-corrected chi connectivity index (χ4v) is 4.55. The molecule has 3 aliphatic rings. The lowest BCUT2D eigenvalue weighted by Crippen LogP contribution is -2.57. The van der Waals surface area contributed by atoms with Crippen molar-refractivity contribution in [2.45, 2.75) is 38.1 Å². The number of piperidine rings is 1. The van der Waals surface area contributed by atoms with Crippen LogP contribution in [0.25, 0.3) is 0 Å². The lowest BCUT2D eigenvalue weighted by molar-refractivity contribution is -0.140. The molecule has 0 saturated carbocycles. The molecule has 1 N–H and O–H groups in total. The zero-order chi connectivity index (χ0) is 19.5. The Bertz CT molecular complexity index is 772. The van der Waals surface area contributed by atoms with Gasteiger partial charge < -0.3 is 20.0 Å². The third-order valence-electron chi connectivity index (χ3n) is 6.06. The molecule has 2 fully saturated rings. The van der Waals surface area contributed by atoms with E-state index in [1.54, 1.807) is 4.90 Å². The highest BCUT2D eigenvalue weighted by Gasteiger charge is 2.32. The van der Waals surface area contributed by atoms with Crippen molar-refractivity contribution in [1.29, 1.82) is 0 Å². The molecular weight excluding hydrogens is 392 g/mol. The number of halogens is 1. The van der Waals surface area contributed by atoms with Crippen molar-refractivity contribution in [3.8, 4) is 0 Å². The maximum Gasteiger partial charge on any atom is 0.236 e. The first-order valence-electron chi connectivity index (χ1n) is 10.3. The van der Waals surface area contributed by atoms with Gasteiger partial charge in [-0.25, -0.2) is 0 Å². The number of nitrogens with zero attached hydrogens (tertiary/aromatic N) is 3. The van der Waals surface area contributed by atoms with Gasteiger partial charge in [0.05, 0.1) is 6.54 Å². The van der Waals surface area contributed by atoms with Crippen molar-refractivity contribution in [3.05, 3.63) is 29.8 Å². The number of para-hydroxylation sites is 1. The summed E-state index contributed by atoms with van der Waals surface area (Å²) in [5, 5.41) is 3.10. The van der Waals surface area contributed by atoms with Gasteiger partial charge in [0, 0.05) is 57.3 Å². The van der Waals surface area contributed by atoms with E-state index in [0.29, 0.717) is 39.0 Å². The normalized spacial score (nSPS) is 22.2. The number of benzene rings is 1. The molecule has 0 spiro atoms. The van der Waals surface area contributed by atoms with E-state index in [-0.39, 0.29) is 36.2 Å². The summed E-state index contributed by atoms with van der Waals surface area (Å²) in [4.78, 5) is 43.0. The van der Waals surface area contributed by atoms with Crippen molar-refractivity contribution in [2.75, 3.05) is 44.2 Å². The zero-order valence-electron chi connectivity index (χ0n) is 16.6. The van der Waals surface area contributed by atoms with Crippen LogP contribution in [-0.2, 0) is 20.8 Å². The highest BCUT2D eigenvalue weighted by molar-refractivity contribution is 5.97. The largest absolute Gasteiger partial charge is 0.341 e. The fourth-order valence-electron chi connectivity index (χ4n) is 4.55. The van der Waals surface area contributed by atoms with Crippen LogP contribution in [0.1, 0.15) is 31.2 Å². The van der Waals surface area contributed by atoms with Crippen LogP contribution in [0.5, 0.6) is 0 Å². The van der Waals surface area contributed by atoms with E-state index in [2.05, 4.69) is 11.4 Å². The monoisotopic (exact) mass is 420 g/mol. The second-order valence-corrected chi connectivity index (χ2v) is 7.82. The van der Waals surface area contributed by atoms with Gasteiger partial charge in [-0.1, -0.05) is 18.2 Å². The Kier molecular flexibility index (Phi) is 7.14. The zero-order valence-corrected chi connectivity index (χ0v) is 17.5. The van der Waals surface area contributed by atoms with E-state index in [9.17, 15) is 14.4 Å². The standard InChI is InChI=1S/C21H28N4O3.ClH/c26-19(9-12-25-18-6-2-1-4-16(18)7-8-20(25)27)23-11-3-5-17(15-23)24-13-10-22-14-21(24)28;/h1-2,4,6,17,22H,3,5,7-15H2;1H. The van der Waals surface area contributed by atoms with Gasteiger partial charge in [0.15, 0.2) is 0 Å².